The van der Waals surface area contributed by atoms with E-state index in [1.807, 2.05) is 0 Å². The van der Waals surface area contributed by atoms with Gasteiger partial charge in [0.2, 0.25) is 11.8 Å². The molecular weight excluding hydrogens is 436 g/mol. The van der Waals surface area contributed by atoms with Crippen molar-refractivity contribution < 1.29 is 29.0 Å². The molecule has 0 aromatic rings. The maximum atomic E-state index is 14.0. The van der Waals surface area contributed by atoms with E-state index in [1.165, 1.54) is 0 Å². The molecule has 0 radical (unpaired) electrons. The van der Waals surface area contributed by atoms with Gasteiger partial charge < -0.3 is 24.4 Å². The van der Waals surface area contributed by atoms with Gasteiger partial charge in [-0.1, -0.05) is 38.7 Å². The number of aliphatic hydroxyl groups is 1. The fourth-order valence-corrected chi connectivity index (χ4v) is 6.10. The lowest BCUT2D eigenvalue weighted by atomic mass is 9.70. The van der Waals surface area contributed by atoms with E-state index in [9.17, 15) is 14.4 Å². The monoisotopic (exact) mass is 478 g/mol. The molecule has 1 N–H and O–H groups in total. The molecule has 2 bridgehead atoms. The Hall–Kier alpha value is -1.93. The minimum Gasteiger partial charge on any atom is -0.466 e. The Labute approximate surface area is 203 Å². The van der Waals surface area contributed by atoms with Gasteiger partial charge in [-0.3, -0.25) is 14.4 Å². The van der Waals surface area contributed by atoms with E-state index in [0.717, 1.165) is 44.9 Å². The van der Waals surface area contributed by atoms with Gasteiger partial charge in [0.05, 0.1) is 24.5 Å². The Balaban J connectivity index is 1.89. The third kappa shape index (κ3) is 5.03. The van der Waals surface area contributed by atoms with Gasteiger partial charge in [-0.25, -0.2) is 0 Å². The Morgan fingerprint density at radius 3 is 2.68 bits per heavy atom. The first-order chi connectivity index (χ1) is 16.5. The number of esters is 1. The third-order valence-corrected chi connectivity index (χ3v) is 7.59. The van der Waals surface area contributed by atoms with E-state index in [1.54, 1.807) is 22.8 Å². The fraction of sp³-hybridized carbons (Fsp3) is 0.808. The molecule has 3 fully saturated rings. The average molecular weight is 479 g/mol. The molecule has 8 nitrogen and oxygen atoms in total. The molecule has 1 spiro atoms. The molecule has 3 aliphatic rings. The van der Waals surface area contributed by atoms with Crippen LogP contribution < -0.4 is 0 Å². The molecule has 0 saturated carbocycles. The highest BCUT2D eigenvalue weighted by atomic mass is 16.6. The summed E-state index contributed by atoms with van der Waals surface area (Å²) in [7, 11) is 0. The van der Waals surface area contributed by atoms with Crippen molar-refractivity contribution >= 4 is 17.8 Å². The second-order valence-corrected chi connectivity index (χ2v) is 9.76. The molecule has 2 amide bonds. The van der Waals surface area contributed by atoms with Crippen LogP contribution in [0, 0.1) is 11.8 Å². The molecule has 0 aromatic heterocycles. The number of carbonyl (C=O) groups excluding carboxylic acids is 3. The lowest BCUT2D eigenvalue weighted by Gasteiger charge is -2.36. The Kier molecular flexibility index (Phi) is 9.54. The van der Waals surface area contributed by atoms with E-state index in [-0.39, 0.29) is 31.1 Å². The van der Waals surface area contributed by atoms with Crippen molar-refractivity contribution in [3.8, 4) is 0 Å². The number of aliphatic hydroxyl groups excluding tert-OH is 1. The second kappa shape index (κ2) is 12.2. The first-order valence-electron chi connectivity index (χ1n) is 13.1. The number of likely N-dealkylation sites (tertiary alicyclic amines) is 1. The zero-order valence-electron chi connectivity index (χ0n) is 20.9. The molecule has 3 heterocycles. The minimum atomic E-state index is -0.967. The number of rotatable bonds is 15. The number of unbranched alkanes of at least 4 members (excludes halogenated alkanes) is 5. The van der Waals surface area contributed by atoms with E-state index in [0.29, 0.717) is 32.5 Å². The zero-order chi connectivity index (χ0) is 24.7. The molecule has 3 saturated heterocycles. The minimum absolute atomic E-state index is 0.104. The first kappa shape index (κ1) is 26.7. The summed E-state index contributed by atoms with van der Waals surface area (Å²) in [6.07, 6.45) is 8.76. The number of nitrogens with zero attached hydrogens (tertiary/aromatic N) is 2. The Morgan fingerprint density at radius 2 is 2.00 bits per heavy atom. The normalized spacial score (nSPS) is 29.4. The predicted octanol–water partition coefficient (Wildman–Crippen LogP) is 2.68. The molecule has 0 aromatic carbocycles. The molecule has 34 heavy (non-hydrogen) atoms. The number of fused-ring (bicyclic) bond motifs is 1. The summed E-state index contributed by atoms with van der Waals surface area (Å²) in [6.45, 7) is 9.58. The van der Waals surface area contributed by atoms with E-state index in [4.69, 9.17) is 14.6 Å². The number of hydrogen-bond acceptors (Lipinski definition) is 6. The Morgan fingerprint density at radius 1 is 1.24 bits per heavy atom. The Bertz CT molecular complexity index is 743. The average Bonchev–Trinajstić information content (AvgIpc) is 3.46. The van der Waals surface area contributed by atoms with Crippen LogP contribution in [0.4, 0.5) is 0 Å². The number of hydrogen-bond donors (Lipinski definition) is 1. The van der Waals surface area contributed by atoms with Gasteiger partial charge >= 0.3 is 5.97 Å². The molecule has 3 aliphatic heterocycles. The summed E-state index contributed by atoms with van der Waals surface area (Å²) < 4.78 is 11.7. The number of amides is 2. The predicted molar refractivity (Wildman–Crippen MR) is 128 cm³/mol. The molecule has 192 valence electrons. The lowest BCUT2D eigenvalue weighted by molar-refractivity contribution is -0.155. The molecule has 0 aliphatic carbocycles. The summed E-state index contributed by atoms with van der Waals surface area (Å²) in [4.78, 5) is 44.1. The van der Waals surface area contributed by atoms with Gasteiger partial charge in [-0.15, -0.1) is 6.58 Å². The maximum Gasteiger partial charge on any atom is 0.312 e. The second-order valence-electron chi connectivity index (χ2n) is 9.76. The highest BCUT2D eigenvalue weighted by Crippen LogP contribution is 2.58. The standard InChI is InChI=1S/C26H42N2O6/c1-4-7-10-16-27(15-5-2)24(31)22-26-14-13-19(34-26)20(25(32)33-6-3)21(26)23(30)28(22)17-11-8-9-12-18-29/h5,19-22,29H,2,4,6-18H2,1,3H3/t19-,20+,21+,22-,26+/m0/s1. The molecule has 5 atom stereocenters. The van der Waals surface area contributed by atoms with Gasteiger partial charge in [-0.05, 0) is 39.0 Å². The van der Waals surface area contributed by atoms with Crippen molar-refractivity contribution in [3.05, 3.63) is 12.7 Å². The summed E-state index contributed by atoms with van der Waals surface area (Å²) in [6, 6.07) is -0.728. The molecule has 8 heteroatoms. The van der Waals surface area contributed by atoms with Crippen molar-refractivity contribution in [1.82, 2.24) is 9.80 Å². The van der Waals surface area contributed by atoms with Crippen LogP contribution in [0.1, 0.15) is 71.6 Å². The van der Waals surface area contributed by atoms with Gasteiger partial charge in [0.15, 0.2) is 0 Å². The van der Waals surface area contributed by atoms with Gasteiger partial charge in [0.1, 0.15) is 11.6 Å². The van der Waals surface area contributed by atoms with Crippen molar-refractivity contribution in [2.24, 2.45) is 11.8 Å². The summed E-state index contributed by atoms with van der Waals surface area (Å²) in [5.74, 6) is -1.98. The van der Waals surface area contributed by atoms with Crippen LogP contribution in [0.5, 0.6) is 0 Å². The zero-order valence-corrected chi connectivity index (χ0v) is 20.9. The van der Waals surface area contributed by atoms with Crippen LogP contribution in [-0.4, -0.2) is 83.3 Å². The van der Waals surface area contributed by atoms with Crippen LogP contribution in [-0.2, 0) is 23.9 Å². The van der Waals surface area contributed by atoms with Crippen LogP contribution >= 0.6 is 0 Å². The van der Waals surface area contributed by atoms with E-state index in [2.05, 4.69) is 13.5 Å². The van der Waals surface area contributed by atoms with Crippen molar-refractivity contribution in [2.45, 2.75) is 89.4 Å². The highest BCUT2D eigenvalue weighted by molar-refractivity contribution is 5.98. The van der Waals surface area contributed by atoms with Crippen molar-refractivity contribution in [3.63, 3.8) is 0 Å². The maximum absolute atomic E-state index is 14.0. The number of carbonyl (C=O) groups is 3. The fourth-order valence-electron chi connectivity index (χ4n) is 6.10. The summed E-state index contributed by atoms with van der Waals surface area (Å²) in [5.41, 5.74) is -0.967. The van der Waals surface area contributed by atoms with Crippen LogP contribution in [0.25, 0.3) is 0 Å². The van der Waals surface area contributed by atoms with Crippen LogP contribution in [0.3, 0.4) is 0 Å². The lowest BCUT2D eigenvalue weighted by Crippen LogP contribution is -2.56. The van der Waals surface area contributed by atoms with Gasteiger partial charge in [0.25, 0.3) is 0 Å². The quantitative estimate of drug-likeness (QED) is 0.221. The van der Waals surface area contributed by atoms with E-state index < -0.39 is 29.4 Å². The third-order valence-electron chi connectivity index (χ3n) is 7.59. The highest BCUT2D eigenvalue weighted by Gasteiger charge is 2.74. The molecule has 3 rings (SSSR count). The first-order valence-corrected chi connectivity index (χ1v) is 13.1. The largest absolute Gasteiger partial charge is 0.466 e. The van der Waals surface area contributed by atoms with Crippen molar-refractivity contribution in [1.29, 1.82) is 0 Å². The van der Waals surface area contributed by atoms with Crippen LogP contribution in [0.2, 0.25) is 0 Å². The smallest absolute Gasteiger partial charge is 0.312 e. The molecular formula is C26H42N2O6. The summed E-state index contributed by atoms with van der Waals surface area (Å²) >= 11 is 0. The summed E-state index contributed by atoms with van der Waals surface area (Å²) in [5, 5.41) is 9.06. The SMILES string of the molecule is C=CCN(CCCCC)C(=O)[C@@H]1N(CCCCCCO)C(=O)[C@H]2[C@H](C(=O)OCC)[C@@H]3CC[C@]12O3. The van der Waals surface area contributed by atoms with Crippen molar-refractivity contribution in [2.75, 3.05) is 32.8 Å². The van der Waals surface area contributed by atoms with E-state index >= 15 is 0 Å². The number of ether oxygens (including phenoxy) is 2. The topological polar surface area (TPSA) is 96.4 Å². The van der Waals surface area contributed by atoms with Crippen LogP contribution in [0.15, 0.2) is 12.7 Å². The van der Waals surface area contributed by atoms with Gasteiger partial charge in [-0.2, -0.15) is 0 Å². The van der Waals surface area contributed by atoms with Gasteiger partial charge in [0, 0.05) is 26.2 Å². The molecule has 0 unspecified atom stereocenters.